The Balaban J connectivity index is 1.65. The van der Waals surface area contributed by atoms with Gasteiger partial charge in [-0.1, -0.05) is 72.8 Å². The van der Waals surface area contributed by atoms with Gasteiger partial charge in [-0.2, -0.15) is 0 Å². The Labute approximate surface area is 191 Å². The van der Waals surface area contributed by atoms with Crippen molar-refractivity contribution in [3.05, 3.63) is 108 Å². The van der Waals surface area contributed by atoms with Crippen LogP contribution < -0.4 is 15.0 Å². The van der Waals surface area contributed by atoms with Gasteiger partial charge in [0.05, 0.1) is 11.3 Å². The van der Waals surface area contributed by atoms with Gasteiger partial charge >= 0.3 is 12.0 Å². The number of rotatable bonds is 5. The number of ether oxygens (including phenoxy) is 1. The summed E-state index contributed by atoms with van der Waals surface area (Å²) >= 11 is 0. The van der Waals surface area contributed by atoms with Crippen molar-refractivity contribution in [1.29, 1.82) is 0 Å². The number of imide groups is 1. The van der Waals surface area contributed by atoms with Gasteiger partial charge in [-0.25, -0.2) is 9.69 Å². The summed E-state index contributed by atoms with van der Waals surface area (Å²) < 4.78 is 5.19. The first-order valence-corrected chi connectivity index (χ1v) is 10.5. The van der Waals surface area contributed by atoms with Gasteiger partial charge in [0, 0.05) is 13.5 Å². The molecule has 4 rings (SSSR count). The molecule has 0 aliphatic heterocycles. The molecular weight excluding hydrogens is 416 g/mol. The Bertz CT molecular complexity index is 1310. The monoisotopic (exact) mass is 438 g/mol. The summed E-state index contributed by atoms with van der Waals surface area (Å²) in [5, 5.41) is 4.95. The van der Waals surface area contributed by atoms with Crippen LogP contribution in [0.5, 0.6) is 5.75 Å². The summed E-state index contributed by atoms with van der Waals surface area (Å²) in [4.78, 5) is 39.3. The average Bonchev–Trinajstić information content (AvgIpc) is 2.83. The van der Waals surface area contributed by atoms with Crippen LogP contribution in [0.2, 0.25) is 0 Å². The number of carbonyl (C=O) groups excluding carboxylic acids is 3. The van der Waals surface area contributed by atoms with Gasteiger partial charge in [0.1, 0.15) is 5.75 Å². The number of nitrogens with one attached hydrogen (secondary N) is 1. The molecule has 33 heavy (non-hydrogen) atoms. The maximum Gasteiger partial charge on any atom is 0.329 e. The van der Waals surface area contributed by atoms with Crippen molar-refractivity contribution in [3.8, 4) is 5.75 Å². The highest BCUT2D eigenvalue weighted by Crippen LogP contribution is 2.24. The van der Waals surface area contributed by atoms with Crippen molar-refractivity contribution in [3.63, 3.8) is 0 Å². The number of nitrogens with zero attached hydrogens (tertiary/aromatic N) is 1. The number of hydrogen-bond donors (Lipinski definition) is 1. The lowest BCUT2D eigenvalue weighted by molar-refractivity contribution is -0.131. The summed E-state index contributed by atoms with van der Waals surface area (Å²) in [6.45, 7) is 1.50. The van der Waals surface area contributed by atoms with E-state index in [4.69, 9.17) is 4.74 Å². The molecule has 4 aromatic carbocycles. The molecule has 6 nitrogen and oxygen atoms in total. The second-order valence-electron chi connectivity index (χ2n) is 7.36. The zero-order chi connectivity index (χ0) is 23.2. The predicted octanol–water partition coefficient (Wildman–Crippen LogP) is 5.32. The zero-order valence-electron chi connectivity index (χ0n) is 18.0. The predicted molar refractivity (Wildman–Crippen MR) is 127 cm³/mol. The average molecular weight is 438 g/mol. The van der Waals surface area contributed by atoms with E-state index in [0.29, 0.717) is 5.69 Å². The molecule has 1 N–H and O–H groups in total. The highest BCUT2D eigenvalue weighted by molar-refractivity contribution is 6.21. The summed E-state index contributed by atoms with van der Waals surface area (Å²) in [5.74, 6) is -1.06. The van der Waals surface area contributed by atoms with E-state index in [9.17, 15) is 14.4 Å². The lowest BCUT2D eigenvalue weighted by atomic mass is 10.0. The van der Waals surface area contributed by atoms with E-state index in [1.165, 1.54) is 19.1 Å². The van der Waals surface area contributed by atoms with Crippen molar-refractivity contribution < 1.29 is 19.1 Å². The molecule has 0 saturated heterocycles. The maximum atomic E-state index is 13.5. The van der Waals surface area contributed by atoms with Crippen LogP contribution >= 0.6 is 0 Å². The number of hydrogen-bond acceptors (Lipinski definition) is 4. The van der Waals surface area contributed by atoms with Crippen molar-refractivity contribution in [2.45, 2.75) is 13.5 Å². The standard InChI is InChI=1S/C27H22N2O4/c1-19(30)33-25-17-8-7-16-24(25)26(31)29(22-13-3-2-4-14-22)27(32)28-18-21-12-9-11-20-10-5-6-15-23(20)21/h2-17H,18H2,1H3,(H,28,32). The number of amides is 3. The third-order valence-electron chi connectivity index (χ3n) is 5.10. The first-order chi connectivity index (χ1) is 16.0. The molecule has 0 aliphatic rings. The molecule has 164 valence electrons. The molecule has 0 spiro atoms. The van der Waals surface area contributed by atoms with Crippen LogP contribution in [0.3, 0.4) is 0 Å². The van der Waals surface area contributed by atoms with Gasteiger partial charge in [0.2, 0.25) is 0 Å². The molecule has 0 saturated carbocycles. The number of carbonyl (C=O) groups is 3. The Kier molecular flexibility index (Phi) is 6.45. The lowest BCUT2D eigenvalue weighted by Gasteiger charge is -2.22. The molecule has 0 aliphatic carbocycles. The highest BCUT2D eigenvalue weighted by Gasteiger charge is 2.27. The number of para-hydroxylation sites is 2. The Hall–Kier alpha value is -4.45. The van der Waals surface area contributed by atoms with Crippen LogP contribution in [-0.4, -0.2) is 17.9 Å². The van der Waals surface area contributed by atoms with E-state index in [1.54, 1.807) is 42.5 Å². The van der Waals surface area contributed by atoms with Crippen LogP contribution in [0.1, 0.15) is 22.8 Å². The van der Waals surface area contributed by atoms with Crippen LogP contribution in [0.15, 0.2) is 97.1 Å². The zero-order valence-corrected chi connectivity index (χ0v) is 18.0. The van der Waals surface area contributed by atoms with E-state index in [1.807, 2.05) is 42.5 Å². The Morgan fingerprint density at radius 1 is 0.788 bits per heavy atom. The lowest BCUT2D eigenvalue weighted by Crippen LogP contribution is -2.44. The molecular formula is C27H22N2O4. The molecule has 0 fully saturated rings. The van der Waals surface area contributed by atoms with Gasteiger partial charge in [0.25, 0.3) is 5.91 Å². The fraction of sp³-hybridized carbons (Fsp3) is 0.0741. The van der Waals surface area contributed by atoms with Crippen molar-refractivity contribution in [1.82, 2.24) is 5.32 Å². The van der Waals surface area contributed by atoms with E-state index in [0.717, 1.165) is 21.2 Å². The normalized spacial score (nSPS) is 10.5. The van der Waals surface area contributed by atoms with Gasteiger partial charge < -0.3 is 10.1 Å². The van der Waals surface area contributed by atoms with Gasteiger partial charge in [0.15, 0.2) is 0 Å². The second-order valence-corrected chi connectivity index (χ2v) is 7.36. The van der Waals surface area contributed by atoms with Crippen molar-refractivity contribution in [2.24, 2.45) is 0 Å². The minimum atomic E-state index is -0.603. The van der Waals surface area contributed by atoms with Crippen LogP contribution in [0.25, 0.3) is 10.8 Å². The SMILES string of the molecule is CC(=O)Oc1ccccc1C(=O)N(C(=O)NCc1cccc2ccccc12)c1ccccc1. The minimum Gasteiger partial charge on any atom is -0.426 e. The van der Waals surface area contributed by atoms with E-state index in [-0.39, 0.29) is 17.9 Å². The summed E-state index contributed by atoms with van der Waals surface area (Å²) in [5.41, 5.74) is 1.44. The highest BCUT2D eigenvalue weighted by atomic mass is 16.5. The van der Waals surface area contributed by atoms with Crippen molar-refractivity contribution >= 4 is 34.4 Å². The van der Waals surface area contributed by atoms with Crippen LogP contribution in [-0.2, 0) is 11.3 Å². The molecule has 4 aromatic rings. The summed E-state index contributed by atoms with van der Waals surface area (Å²) in [6.07, 6.45) is 0. The van der Waals surface area contributed by atoms with E-state index >= 15 is 0 Å². The molecule has 0 aromatic heterocycles. The second kappa shape index (κ2) is 9.78. The third-order valence-corrected chi connectivity index (χ3v) is 5.10. The topological polar surface area (TPSA) is 75.7 Å². The smallest absolute Gasteiger partial charge is 0.329 e. The van der Waals surface area contributed by atoms with Crippen LogP contribution in [0, 0.1) is 0 Å². The molecule has 0 bridgehead atoms. The number of anilines is 1. The molecule has 6 heteroatoms. The molecule has 0 radical (unpaired) electrons. The molecule has 0 unspecified atom stereocenters. The van der Waals surface area contributed by atoms with Gasteiger partial charge in [-0.15, -0.1) is 0 Å². The van der Waals surface area contributed by atoms with Crippen molar-refractivity contribution in [2.75, 3.05) is 4.90 Å². The van der Waals surface area contributed by atoms with Gasteiger partial charge in [-0.05, 0) is 40.6 Å². The fourth-order valence-corrected chi connectivity index (χ4v) is 3.61. The quantitative estimate of drug-likeness (QED) is 0.338. The molecule has 0 heterocycles. The maximum absolute atomic E-state index is 13.5. The molecule has 3 amide bonds. The first kappa shape index (κ1) is 21.8. The fourth-order valence-electron chi connectivity index (χ4n) is 3.61. The summed E-state index contributed by atoms with van der Waals surface area (Å²) in [6, 6.07) is 28.2. The Morgan fingerprint density at radius 2 is 1.45 bits per heavy atom. The molecule has 0 atom stereocenters. The summed E-state index contributed by atoms with van der Waals surface area (Å²) in [7, 11) is 0. The number of benzene rings is 4. The number of urea groups is 1. The Morgan fingerprint density at radius 3 is 2.24 bits per heavy atom. The van der Waals surface area contributed by atoms with E-state index in [2.05, 4.69) is 5.32 Å². The van der Waals surface area contributed by atoms with E-state index < -0.39 is 17.9 Å². The largest absolute Gasteiger partial charge is 0.426 e. The first-order valence-electron chi connectivity index (χ1n) is 10.5. The minimum absolute atomic E-state index is 0.0952. The van der Waals surface area contributed by atoms with Crippen LogP contribution in [0.4, 0.5) is 10.5 Å². The third kappa shape index (κ3) is 4.91. The number of esters is 1. The van der Waals surface area contributed by atoms with Gasteiger partial charge in [-0.3, -0.25) is 9.59 Å². The number of fused-ring (bicyclic) bond motifs is 1.